The van der Waals surface area contributed by atoms with E-state index in [0.717, 1.165) is 16.7 Å². The summed E-state index contributed by atoms with van der Waals surface area (Å²) in [4.78, 5) is 20.1. The molecule has 3 unspecified atom stereocenters. The van der Waals surface area contributed by atoms with Crippen LogP contribution in [0.4, 0.5) is 5.95 Å². The third-order valence-electron chi connectivity index (χ3n) is 3.85. The van der Waals surface area contributed by atoms with Gasteiger partial charge in [0.15, 0.2) is 5.78 Å². The maximum absolute atomic E-state index is 12.8. The predicted octanol–water partition coefficient (Wildman–Crippen LogP) is 1.53. The van der Waals surface area contributed by atoms with Crippen LogP contribution in [0.5, 0.6) is 11.8 Å². The highest BCUT2D eigenvalue weighted by atomic mass is 31.0. The first-order chi connectivity index (χ1) is 12.7. The zero-order valence-electron chi connectivity index (χ0n) is 15.5. The smallest absolute Gasteiger partial charge is 0.226 e. The number of hydrogen-bond acceptors (Lipinski definition) is 8. The van der Waals surface area contributed by atoms with Gasteiger partial charge in [0.25, 0.3) is 0 Å². The van der Waals surface area contributed by atoms with Gasteiger partial charge >= 0.3 is 0 Å². The van der Waals surface area contributed by atoms with Crippen molar-refractivity contribution in [3.8, 4) is 11.8 Å². The zero-order chi connectivity index (χ0) is 20.1. The summed E-state index contributed by atoms with van der Waals surface area (Å²) in [5.41, 5.74) is 8.86. The summed E-state index contributed by atoms with van der Waals surface area (Å²) >= 11 is 0. The van der Waals surface area contributed by atoms with E-state index in [1.807, 2.05) is 32.9 Å². The number of anilines is 1. The normalized spacial score (nSPS) is 13.2. The van der Waals surface area contributed by atoms with Crippen molar-refractivity contribution in [2.45, 2.75) is 32.7 Å². The van der Waals surface area contributed by atoms with E-state index < -0.39 is 11.9 Å². The molecule has 146 valence electrons. The molecule has 0 aliphatic rings. The summed E-state index contributed by atoms with van der Waals surface area (Å²) in [6.45, 7) is 5.28. The standard InChI is InChI=1S/C18H24N3O5P/c1-9-4-10(2)15(11(3)5-9)16(24)17(27)26-12(7-22)8-25-14-6-13(23)20-18(19)21-14/h4-6,12,17,22H,7-8,27H2,1-3H3,(H3,19,20,21,23). The van der Waals surface area contributed by atoms with Gasteiger partial charge in [-0.2, -0.15) is 9.97 Å². The fourth-order valence-corrected chi connectivity index (χ4v) is 3.19. The molecule has 0 amide bonds. The van der Waals surface area contributed by atoms with E-state index in [-0.39, 0.29) is 36.7 Å². The fourth-order valence-electron chi connectivity index (χ4n) is 2.80. The molecule has 2 aromatic rings. The molecule has 0 bridgehead atoms. The van der Waals surface area contributed by atoms with Crippen LogP contribution in [0.15, 0.2) is 18.2 Å². The van der Waals surface area contributed by atoms with Gasteiger partial charge in [0.05, 0.1) is 12.7 Å². The third kappa shape index (κ3) is 5.60. The molecular weight excluding hydrogens is 369 g/mol. The van der Waals surface area contributed by atoms with Crippen molar-refractivity contribution in [1.29, 1.82) is 0 Å². The van der Waals surface area contributed by atoms with Gasteiger partial charge in [0.2, 0.25) is 17.7 Å². The number of ketones is 1. The van der Waals surface area contributed by atoms with Gasteiger partial charge in [0.1, 0.15) is 18.6 Å². The summed E-state index contributed by atoms with van der Waals surface area (Å²) in [7, 11) is 2.35. The first-order valence-electron chi connectivity index (χ1n) is 8.31. The van der Waals surface area contributed by atoms with Gasteiger partial charge in [-0.25, -0.2) is 0 Å². The lowest BCUT2D eigenvalue weighted by Crippen LogP contribution is -2.32. The van der Waals surface area contributed by atoms with Gasteiger partial charge in [-0.15, -0.1) is 0 Å². The summed E-state index contributed by atoms with van der Waals surface area (Å²) < 4.78 is 11.0. The molecule has 1 heterocycles. The molecule has 1 aromatic heterocycles. The molecule has 0 spiro atoms. The maximum Gasteiger partial charge on any atom is 0.226 e. The molecule has 1 aromatic carbocycles. The molecule has 0 aliphatic heterocycles. The highest BCUT2D eigenvalue weighted by Crippen LogP contribution is 2.22. The van der Waals surface area contributed by atoms with E-state index in [1.165, 1.54) is 6.07 Å². The van der Waals surface area contributed by atoms with Crippen molar-refractivity contribution in [2.24, 2.45) is 0 Å². The number of ether oxygens (including phenoxy) is 2. The highest BCUT2D eigenvalue weighted by Gasteiger charge is 2.24. The summed E-state index contributed by atoms with van der Waals surface area (Å²) in [5.74, 6) is -1.48. The Hall–Kier alpha value is -2.28. The lowest BCUT2D eigenvalue weighted by molar-refractivity contribution is -0.0200. The second kappa shape index (κ2) is 9.08. The van der Waals surface area contributed by atoms with E-state index >= 15 is 0 Å². The van der Waals surface area contributed by atoms with E-state index in [4.69, 9.17) is 15.2 Å². The molecule has 9 heteroatoms. The zero-order valence-corrected chi connectivity index (χ0v) is 16.6. The van der Waals surface area contributed by atoms with Crippen molar-refractivity contribution < 1.29 is 24.5 Å². The molecule has 4 N–H and O–H groups in total. The predicted molar refractivity (Wildman–Crippen MR) is 104 cm³/mol. The number of aromatic hydroxyl groups is 1. The second-order valence-corrected chi connectivity index (χ2v) is 6.84. The van der Waals surface area contributed by atoms with E-state index in [2.05, 4.69) is 19.2 Å². The highest BCUT2D eigenvalue weighted by molar-refractivity contribution is 7.19. The number of aryl methyl sites for hydroxylation is 3. The van der Waals surface area contributed by atoms with Gasteiger partial charge in [0, 0.05) is 5.56 Å². The van der Waals surface area contributed by atoms with Crippen LogP contribution in [-0.2, 0) is 4.74 Å². The van der Waals surface area contributed by atoms with Crippen LogP contribution in [0.1, 0.15) is 27.0 Å². The molecule has 8 nitrogen and oxygen atoms in total. The van der Waals surface area contributed by atoms with E-state index in [0.29, 0.717) is 5.56 Å². The van der Waals surface area contributed by atoms with Crippen molar-refractivity contribution in [3.63, 3.8) is 0 Å². The average Bonchev–Trinajstić information content (AvgIpc) is 2.56. The summed E-state index contributed by atoms with van der Waals surface area (Å²) in [5, 5.41) is 18.9. The molecule has 27 heavy (non-hydrogen) atoms. The lowest BCUT2D eigenvalue weighted by atomic mass is 9.97. The SMILES string of the molecule is Cc1cc(C)c(C(=O)C(P)OC(CO)COc2cc(O)nc(N)n2)c(C)c1. The van der Waals surface area contributed by atoms with Gasteiger partial charge in [-0.1, -0.05) is 26.9 Å². The average molecular weight is 393 g/mol. The number of carbonyl (C=O) groups is 1. The topological polar surface area (TPSA) is 128 Å². The van der Waals surface area contributed by atoms with Crippen LogP contribution in [0, 0.1) is 20.8 Å². The van der Waals surface area contributed by atoms with E-state index in [1.54, 1.807) is 0 Å². The third-order valence-corrected chi connectivity index (χ3v) is 4.31. The lowest BCUT2D eigenvalue weighted by Gasteiger charge is -2.21. The number of carbonyl (C=O) groups excluding carboxylic acids is 1. The van der Waals surface area contributed by atoms with E-state index in [9.17, 15) is 15.0 Å². The van der Waals surface area contributed by atoms with Crippen LogP contribution in [0.3, 0.4) is 0 Å². The molecule has 3 atom stereocenters. The molecule has 0 saturated heterocycles. The Morgan fingerprint density at radius 3 is 2.41 bits per heavy atom. The molecule has 0 fully saturated rings. The minimum Gasteiger partial charge on any atom is -0.493 e. The Balaban J connectivity index is 2.03. The monoisotopic (exact) mass is 393 g/mol. The van der Waals surface area contributed by atoms with Crippen LogP contribution >= 0.6 is 9.24 Å². The van der Waals surface area contributed by atoms with Crippen molar-refractivity contribution in [2.75, 3.05) is 18.9 Å². The molecule has 0 radical (unpaired) electrons. The minimum atomic E-state index is -0.852. The molecular formula is C18H24N3O5P. The van der Waals surface area contributed by atoms with Gasteiger partial charge < -0.3 is 25.4 Å². The second-order valence-electron chi connectivity index (χ2n) is 6.23. The molecule has 2 rings (SSSR count). The van der Waals surface area contributed by atoms with Gasteiger partial charge in [-0.05, 0) is 31.9 Å². The van der Waals surface area contributed by atoms with Crippen molar-refractivity contribution >= 4 is 21.0 Å². The van der Waals surface area contributed by atoms with Crippen LogP contribution in [0.2, 0.25) is 0 Å². The van der Waals surface area contributed by atoms with Gasteiger partial charge in [-0.3, -0.25) is 4.79 Å². The Labute approximate surface area is 159 Å². The number of nitrogen functional groups attached to an aromatic ring is 1. The number of Topliss-reactive ketones (excluding diaryl/α,β-unsaturated/α-hetero) is 1. The number of aliphatic hydroxyl groups is 1. The number of hydrogen-bond donors (Lipinski definition) is 3. The quantitative estimate of drug-likeness (QED) is 0.455. The summed E-state index contributed by atoms with van der Waals surface area (Å²) in [6, 6.07) is 5.07. The Morgan fingerprint density at radius 2 is 1.85 bits per heavy atom. The Kier molecular flexibility index (Phi) is 7.07. The first-order valence-corrected chi connectivity index (χ1v) is 8.98. The number of aromatic nitrogens is 2. The van der Waals surface area contributed by atoms with Crippen LogP contribution < -0.4 is 10.5 Å². The number of aliphatic hydroxyl groups excluding tert-OH is 1. The Bertz CT molecular complexity index is 787. The Morgan fingerprint density at radius 1 is 1.22 bits per heavy atom. The molecule has 0 aliphatic carbocycles. The van der Waals surface area contributed by atoms with Crippen molar-refractivity contribution in [1.82, 2.24) is 9.97 Å². The van der Waals surface area contributed by atoms with Crippen molar-refractivity contribution in [3.05, 3.63) is 40.5 Å². The largest absolute Gasteiger partial charge is 0.493 e. The minimum absolute atomic E-state index is 0.0407. The maximum atomic E-state index is 12.8. The number of nitrogens with zero attached hydrogens (tertiary/aromatic N) is 2. The molecule has 0 saturated carbocycles. The van der Waals surface area contributed by atoms with Crippen LogP contribution in [0.25, 0.3) is 0 Å². The summed E-state index contributed by atoms with van der Waals surface area (Å²) in [6.07, 6.45) is -0.777. The first kappa shape index (κ1) is 21.0. The number of rotatable bonds is 8. The fraction of sp³-hybridized carbons (Fsp3) is 0.389. The number of nitrogens with two attached hydrogens (primary N) is 1. The van der Waals surface area contributed by atoms with Crippen LogP contribution in [-0.4, -0.2) is 51.1 Å². The number of benzene rings is 1.